The molecule has 0 radical (unpaired) electrons. The van der Waals surface area contributed by atoms with E-state index in [0.717, 1.165) is 12.0 Å². The summed E-state index contributed by atoms with van der Waals surface area (Å²) in [4.78, 5) is 24.0. The Hall–Kier alpha value is -1.25. The molecule has 0 saturated carbocycles. The van der Waals surface area contributed by atoms with Gasteiger partial charge in [0.15, 0.2) is 0 Å². The molecule has 0 fully saturated rings. The number of allylic oxidation sites excluding steroid dienone is 5. The third-order valence-electron chi connectivity index (χ3n) is 0.941. The van der Waals surface area contributed by atoms with E-state index >= 15 is 0 Å². The summed E-state index contributed by atoms with van der Waals surface area (Å²) < 4.78 is 0. The molecule has 0 aromatic carbocycles. The van der Waals surface area contributed by atoms with Crippen molar-refractivity contribution < 1.29 is 31.5 Å². The normalized spacial score (nSPS) is 9.29. The monoisotopic (exact) mass is 237 g/mol. The van der Waals surface area contributed by atoms with E-state index in [-0.39, 0.29) is 17.1 Å². The second-order valence-electron chi connectivity index (χ2n) is 1.44. The van der Waals surface area contributed by atoms with E-state index in [9.17, 15) is 0 Å². The van der Waals surface area contributed by atoms with Gasteiger partial charge in [0.05, 0.1) is 0 Å². The third kappa shape index (κ3) is 17.0. The van der Waals surface area contributed by atoms with E-state index in [1.807, 2.05) is 32.5 Å². The van der Waals surface area contributed by atoms with E-state index in [1.165, 1.54) is 0 Å². The summed E-state index contributed by atoms with van der Waals surface area (Å²) in [6.07, 6.45) is 9.95. The Bertz CT molecular complexity index is 171. The average Bonchev–Trinajstić information content (AvgIpc) is 2.79. The molecule has 1 rings (SSSR count). The molecule has 3 nitrogen and oxygen atoms in total. The number of hydrogen-bond acceptors (Lipinski definition) is 3. The Morgan fingerprint density at radius 1 is 1.14 bits per heavy atom. The number of hydrogen-bond donors (Lipinski definition) is 0. The van der Waals surface area contributed by atoms with Crippen LogP contribution in [0.5, 0.6) is 0 Å². The minimum absolute atomic E-state index is 0. The predicted molar refractivity (Wildman–Crippen MR) is 52.1 cm³/mol. The van der Waals surface area contributed by atoms with Crippen molar-refractivity contribution in [1.82, 2.24) is 0 Å². The predicted octanol–water partition coefficient (Wildman–Crippen LogP) is 1.30. The van der Waals surface area contributed by atoms with Gasteiger partial charge in [-0.1, -0.05) is 6.42 Å². The van der Waals surface area contributed by atoms with Gasteiger partial charge < -0.3 is 14.4 Å². The molecule has 0 spiro atoms. The van der Waals surface area contributed by atoms with E-state index in [1.54, 1.807) is 0 Å². The van der Waals surface area contributed by atoms with Gasteiger partial charge in [0.1, 0.15) is 20.4 Å². The van der Waals surface area contributed by atoms with Gasteiger partial charge in [-0.3, -0.25) is 0 Å². The first-order valence-corrected chi connectivity index (χ1v) is 3.20. The van der Waals surface area contributed by atoms with E-state index in [2.05, 4.69) is 18.7 Å². The van der Waals surface area contributed by atoms with Crippen molar-refractivity contribution >= 4 is 20.4 Å². The van der Waals surface area contributed by atoms with Gasteiger partial charge in [-0.2, -0.15) is 30.4 Å². The molecule has 14 heavy (non-hydrogen) atoms. The summed E-state index contributed by atoms with van der Waals surface area (Å²) >= 11 is 0. The molecule has 1 aliphatic carbocycles. The first kappa shape index (κ1) is 23.0. The maximum atomic E-state index is 8.00. The second kappa shape index (κ2) is 29.8. The van der Waals surface area contributed by atoms with Gasteiger partial charge in [-0.15, -0.1) is 6.08 Å². The molecule has 0 heterocycles. The van der Waals surface area contributed by atoms with Crippen LogP contribution < -0.4 is 0 Å². The van der Waals surface area contributed by atoms with E-state index in [4.69, 9.17) is 14.4 Å². The molecule has 0 aliphatic heterocycles. The van der Waals surface area contributed by atoms with Crippen LogP contribution in [0, 0.1) is 6.08 Å². The zero-order valence-electron chi connectivity index (χ0n) is 7.85. The Morgan fingerprint density at radius 3 is 1.71 bits per heavy atom. The minimum Gasteiger partial charge on any atom is -0.307 e. The molecule has 0 amide bonds. The van der Waals surface area contributed by atoms with Gasteiger partial charge >= 0.3 is 0 Å². The van der Waals surface area contributed by atoms with Crippen molar-refractivity contribution in [2.75, 3.05) is 0 Å². The minimum atomic E-state index is 0. The quantitative estimate of drug-likeness (QED) is 0.510. The molecule has 80 valence electrons. The molecule has 0 aromatic heterocycles. The first-order valence-electron chi connectivity index (χ1n) is 3.20. The molecule has 0 aromatic rings. The largest absolute Gasteiger partial charge is 0.307 e. The van der Waals surface area contributed by atoms with Crippen LogP contribution in [-0.4, -0.2) is 20.4 Å². The fourth-order valence-electron chi connectivity index (χ4n) is 0.562. The van der Waals surface area contributed by atoms with Gasteiger partial charge in [-0.05, 0) is 0 Å². The van der Waals surface area contributed by atoms with Crippen molar-refractivity contribution in [2.45, 2.75) is 6.42 Å². The topological polar surface area (TPSA) is 51.2 Å². The van der Waals surface area contributed by atoms with Crippen molar-refractivity contribution in [3.63, 3.8) is 0 Å². The maximum absolute atomic E-state index is 8.00. The Labute approximate surface area is 95.0 Å². The molecule has 0 bridgehead atoms. The molecule has 0 unspecified atom stereocenters. The van der Waals surface area contributed by atoms with Crippen LogP contribution in [-0.2, 0) is 31.5 Å². The van der Waals surface area contributed by atoms with Crippen LogP contribution in [0.2, 0.25) is 0 Å². The zero-order valence-corrected chi connectivity index (χ0v) is 8.95. The van der Waals surface area contributed by atoms with Crippen molar-refractivity contribution in [2.24, 2.45) is 0 Å². The Morgan fingerprint density at radius 2 is 1.57 bits per heavy atom. The van der Waals surface area contributed by atoms with Crippen LogP contribution in [0.1, 0.15) is 6.42 Å². The van der Waals surface area contributed by atoms with Gasteiger partial charge in [0.2, 0.25) is 0 Å². The van der Waals surface area contributed by atoms with E-state index in [0.29, 0.717) is 0 Å². The van der Waals surface area contributed by atoms with Crippen LogP contribution in [0.25, 0.3) is 0 Å². The summed E-state index contributed by atoms with van der Waals surface area (Å²) in [5, 5.41) is 0. The summed E-state index contributed by atoms with van der Waals surface area (Å²) in [6, 6.07) is 0. The SMILES string of the molecule is C=CC1=[C-]CC=C1.C=O.C=O.C=O.[Fe]. The second-order valence-corrected chi connectivity index (χ2v) is 1.44. The summed E-state index contributed by atoms with van der Waals surface area (Å²) in [5.74, 6) is 0. The van der Waals surface area contributed by atoms with Gasteiger partial charge in [0, 0.05) is 17.1 Å². The standard InChI is InChI=1S/C7H7.3CH2O.Fe/c1-2-7-5-3-4-6-7;3*1-2;/h2-3,5H,1,4H2;3*1H2;/q-1;;;;. The molecule has 1 aliphatic rings. The third-order valence-corrected chi connectivity index (χ3v) is 0.941. The number of carbonyl (C=O) groups excluding carboxylic acids is 3. The molecule has 0 atom stereocenters. The molecule has 0 N–H and O–H groups in total. The maximum Gasteiger partial charge on any atom is 0.106 e. The molecule has 4 heteroatoms. The fraction of sp³-hybridized carbons (Fsp3) is 0.100. The summed E-state index contributed by atoms with van der Waals surface area (Å²) in [7, 11) is 0. The zero-order chi connectivity index (χ0) is 11.1. The first-order chi connectivity index (χ1) is 6.43. The van der Waals surface area contributed by atoms with Crippen molar-refractivity contribution in [3.05, 3.63) is 36.5 Å². The van der Waals surface area contributed by atoms with Gasteiger partial charge in [-0.25, -0.2) is 0 Å². The molecular formula is C10H13FeO3-. The van der Waals surface area contributed by atoms with Gasteiger partial charge in [0.25, 0.3) is 0 Å². The number of carbonyl (C=O) groups is 3. The van der Waals surface area contributed by atoms with Crippen molar-refractivity contribution in [1.29, 1.82) is 0 Å². The smallest absolute Gasteiger partial charge is 0.106 e. The van der Waals surface area contributed by atoms with Crippen LogP contribution in [0.3, 0.4) is 0 Å². The fourth-order valence-corrected chi connectivity index (χ4v) is 0.562. The average molecular weight is 237 g/mol. The Kier molecular flexibility index (Phi) is 48.9. The van der Waals surface area contributed by atoms with Crippen molar-refractivity contribution in [3.8, 4) is 0 Å². The molecule has 0 saturated heterocycles. The molecular weight excluding hydrogens is 224 g/mol. The van der Waals surface area contributed by atoms with Crippen LogP contribution >= 0.6 is 0 Å². The van der Waals surface area contributed by atoms with Crippen LogP contribution in [0.4, 0.5) is 0 Å². The summed E-state index contributed by atoms with van der Waals surface area (Å²) in [6.45, 7) is 9.59. The van der Waals surface area contributed by atoms with E-state index < -0.39 is 0 Å². The van der Waals surface area contributed by atoms with Crippen LogP contribution in [0.15, 0.2) is 30.4 Å². The number of rotatable bonds is 1. The Balaban J connectivity index is -0.0000000625. The summed E-state index contributed by atoms with van der Waals surface area (Å²) in [5.41, 5.74) is 1.13.